The summed E-state index contributed by atoms with van der Waals surface area (Å²) in [7, 11) is -3.77. The zero-order valence-electron chi connectivity index (χ0n) is 22.5. The molecule has 0 unspecified atom stereocenters. The van der Waals surface area contributed by atoms with Crippen molar-refractivity contribution >= 4 is 38.8 Å². The number of nitrogens with zero attached hydrogens (tertiary/aromatic N) is 3. The van der Waals surface area contributed by atoms with E-state index in [0.717, 1.165) is 51.1 Å². The van der Waals surface area contributed by atoms with E-state index in [0.29, 0.717) is 33.5 Å². The first kappa shape index (κ1) is 27.1. The van der Waals surface area contributed by atoms with Gasteiger partial charge in [-0.1, -0.05) is 0 Å². The molecule has 216 valence electrons. The molecule has 3 N–H and O–H groups in total. The first-order chi connectivity index (χ1) is 19.2. The van der Waals surface area contributed by atoms with Crippen molar-refractivity contribution in [2.75, 3.05) is 65.2 Å². The molecule has 2 aliphatic heterocycles. The number of sulfonamides is 1. The number of rotatable bonds is 10. The Morgan fingerprint density at radius 3 is 2.35 bits per heavy atom. The molecule has 4 aliphatic rings. The number of benzene rings is 1. The molecular weight excluding hydrogens is 537 g/mol. The lowest BCUT2D eigenvalue weighted by Gasteiger charge is -2.35. The second kappa shape index (κ2) is 10.4. The maximum atomic E-state index is 13.6. The highest BCUT2D eigenvalue weighted by molar-refractivity contribution is 7.92. The topological polar surface area (TPSA) is 124 Å². The zero-order valence-corrected chi connectivity index (χ0v) is 23.3. The summed E-state index contributed by atoms with van der Waals surface area (Å²) in [6.45, 7) is 1.85. The fourth-order valence-electron chi connectivity index (χ4n) is 6.11. The Balaban J connectivity index is 1.26. The number of amides is 1. The average molecular weight is 574 g/mol. The third kappa shape index (κ3) is 5.69. The molecular formula is C28H36FN5O5S. The van der Waals surface area contributed by atoms with Gasteiger partial charge in [0.2, 0.25) is 16.9 Å². The van der Waals surface area contributed by atoms with E-state index in [4.69, 9.17) is 9.84 Å². The molecule has 1 aromatic heterocycles. The number of piperidine rings is 1. The molecule has 2 saturated carbocycles. The summed E-state index contributed by atoms with van der Waals surface area (Å²) in [6.07, 6.45) is 9.43. The Morgan fingerprint density at radius 2 is 1.70 bits per heavy atom. The molecule has 1 amide bonds. The first-order valence-electron chi connectivity index (χ1n) is 14.0. The second-order valence-electron chi connectivity index (χ2n) is 11.8. The summed E-state index contributed by atoms with van der Waals surface area (Å²) < 4.78 is 45.3. The van der Waals surface area contributed by atoms with Crippen LogP contribution < -0.4 is 24.6 Å². The molecule has 2 spiro atoms. The number of hydrogen-bond donors (Lipinski definition) is 3. The van der Waals surface area contributed by atoms with E-state index in [2.05, 4.69) is 24.8 Å². The number of carbonyl (C=O) groups is 1. The van der Waals surface area contributed by atoms with E-state index in [-0.39, 0.29) is 11.7 Å². The summed E-state index contributed by atoms with van der Waals surface area (Å²) in [5.41, 5.74) is 3.04. The maximum Gasteiger partial charge on any atom is 0.259 e. The molecule has 40 heavy (non-hydrogen) atoms. The number of pyridine rings is 1. The van der Waals surface area contributed by atoms with Crippen LogP contribution in [-0.2, 0) is 10.0 Å². The molecule has 3 heterocycles. The molecule has 0 bridgehead atoms. The highest BCUT2D eigenvalue weighted by atomic mass is 32.2. The van der Waals surface area contributed by atoms with Crippen LogP contribution >= 0.6 is 0 Å². The van der Waals surface area contributed by atoms with Crippen molar-refractivity contribution in [3.8, 4) is 5.75 Å². The summed E-state index contributed by atoms with van der Waals surface area (Å²) in [5, 5.41) is 12.1. The number of hydrogen-bond acceptors (Lipinski definition) is 8. The van der Waals surface area contributed by atoms with Crippen LogP contribution in [0.2, 0.25) is 0 Å². The SMILES string of the molecule is O=C(Nc1ccc(OCF)c(N2CCC3(CC3)C2)c1)c1cnc(NS(=O)(=O)CCO)cc1N1CCC2(CC1)CC2. The smallest absolute Gasteiger partial charge is 0.259 e. The van der Waals surface area contributed by atoms with Gasteiger partial charge in [-0.15, -0.1) is 0 Å². The molecule has 2 aliphatic carbocycles. The summed E-state index contributed by atoms with van der Waals surface area (Å²) >= 11 is 0. The van der Waals surface area contributed by atoms with Gasteiger partial charge in [-0.25, -0.2) is 17.8 Å². The van der Waals surface area contributed by atoms with Gasteiger partial charge in [-0.2, -0.15) is 0 Å². The predicted molar refractivity (Wildman–Crippen MR) is 151 cm³/mol. The van der Waals surface area contributed by atoms with E-state index in [9.17, 15) is 17.6 Å². The number of halogens is 1. The van der Waals surface area contributed by atoms with Crippen LogP contribution in [0, 0.1) is 10.8 Å². The van der Waals surface area contributed by atoms with Crippen LogP contribution in [0.1, 0.15) is 55.3 Å². The Kier molecular flexibility index (Phi) is 7.02. The molecule has 12 heteroatoms. The predicted octanol–water partition coefficient (Wildman–Crippen LogP) is 3.74. The van der Waals surface area contributed by atoms with Crippen LogP contribution in [0.3, 0.4) is 0 Å². The van der Waals surface area contributed by atoms with Crippen molar-refractivity contribution in [1.82, 2.24) is 4.98 Å². The third-order valence-corrected chi connectivity index (χ3v) is 10.3. The van der Waals surface area contributed by atoms with E-state index in [1.807, 2.05) is 6.07 Å². The molecule has 4 fully saturated rings. The van der Waals surface area contributed by atoms with Crippen molar-refractivity contribution in [1.29, 1.82) is 0 Å². The van der Waals surface area contributed by atoms with Gasteiger partial charge >= 0.3 is 0 Å². The lowest BCUT2D eigenvalue weighted by molar-refractivity contribution is 0.102. The number of ether oxygens (including phenoxy) is 1. The van der Waals surface area contributed by atoms with Crippen LogP contribution in [0.25, 0.3) is 0 Å². The monoisotopic (exact) mass is 573 g/mol. The lowest BCUT2D eigenvalue weighted by atomic mass is 9.93. The van der Waals surface area contributed by atoms with Crippen LogP contribution in [0.4, 0.5) is 27.3 Å². The summed E-state index contributed by atoms with van der Waals surface area (Å²) in [6, 6.07) is 6.79. The maximum absolute atomic E-state index is 13.6. The van der Waals surface area contributed by atoms with Crippen LogP contribution in [0.5, 0.6) is 5.75 Å². The normalized spacial score (nSPS) is 20.6. The molecule has 2 aromatic rings. The van der Waals surface area contributed by atoms with Crippen LogP contribution in [0.15, 0.2) is 30.5 Å². The van der Waals surface area contributed by atoms with E-state index in [1.54, 1.807) is 18.2 Å². The van der Waals surface area contributed by atoms with E-state index < -0.39 is 29.2 Å². The standard InChI is InChI=1S/C28H36FN5O5S/c29-19-39-24-2-1-20(15-23(24)34-12-9-28(18-34)5-6-28)31-26(36)21-17-30-25(32-40(37,38)14-13-35)16-22(21)33-10-7-27(3-4-27)8-11-33/h1-2,15-17,35H,3-14,18-19H2,(H,30,32)(H,31,36). The van der Waals surface area contributed by atoms with Gasteiger partial charge in [0.15, 0.2) is 0 Å². The molecule has 10 nitrogen and oxygen atoms in total. The van der Waals surface area contributed by atoms with Crippen molar-refractivity contribution in [2.45, 2.75) is 44.9 Å². The van der Waals surface area contributed by atoms with E-state index in [1.165, 1.54) is 31.9 Å². The summed E-state index contributed by atoms with van der Waals surface area (Å²) in [4.78, 5) is 22.2. The van der Waals surface area contributed by atoms with Crippen molar-refractivity contribution in [3.05, 3.63) is 36.0 Å². The van der Waals surface area contributed by atoms with Gasteiger partial charge in [-0.3, -0.25) is 9.52 Å². The minimum atomic E-state index is -3.77. The van der Waals surface area contributed by atoms with Gasteiger partial charge in [0.05, 0.1) is 29.3 Å². The van der Waals surface area contributed by atoms with Gasteiger partial charge in [0, 0.05) is 44.1 Å². The zero-order chi connectivity index (χ0) is 28.0. The molecule has 2 saturated heterocycles. The van der Waals surface area contributed by atoms with Crippen molar-refractivity contribution in [2.24, 2.45) is 10.8 Å². The first-order valence-corrected chi connectivity index (χ1v) is 15.6. The molecule has 0 atom stereocenters. The van der Waals surface area contributed by atoms with E-state index >= 15 is 0 Å². The largest absolute Gasteiger partial charge is 0.461 e. The minimum absolute atomic E-state index is 0.102. The van der Waals surface area contributed by atoms with Gasteiger partial charge in [0.25, 0.3) is 5.91 Å². The number of nitrogens with one attached hydrogen (secondary N) is 2. The van der Waals surface area contributed by atoms with Crippen LogP contribution in [-0.4, -0.2) is 69.8 Å². The second-order valence-corrected chi connectivity index (χ2v) is 13.6. The Hall–Kier alpha value is -3.12. The van der Waals surface area contributed by atoms with Gasteiger partial charge in [0.1, 0.15) is 11.6 Å². The molecule has 1 aromatic carbocycles. The third-order valence-electron chi connectivity index (χ3n) is 9.03. The Morgan fingerprint density at radius 1 is 1.00 bits per heavy atom. The summed E-state index contributed by atoms with van der Waals surface area (Å²) in [5.74, 6) is -0.266. The molecule has 6 rings (SSSR count). The number of aliphatic hydroxyl groups excluding tert-OH is 1. The van der Waals surface area contributed by atoms with Crippen molar-refractivity contribution < 1.29 is 27.4 Å². The number of carbonyl (C=O) groups excluding carboxylic acids is 1. The Bertz CT molecular complexity index is 1390. The minimum Gasteiger partial charge on any atom is -0.461 e. The van der Waals surface area contributed by atoms with Crippen molar-refractivity contribution in [3.63, 3.8) is 0 Å². The fourth-order valence-corrected chi connectivity index (χ4v) is 6.89. The number of alkyl halides is 1. The number of aromatic nitrogens is 1. The highest BCUT2D eigenvalue weighted by Gasteiger charge is 2.48. The lowest BCUT2D eigenvalue weighted by Crippen LogP contribution is -2.36. The quantitative estimate of drug-likeness (QED) is 0.393. The number of aliphatic hydroxyl groups is 1. The van der Waals surface area contributed by atoms with Gasteiger partial charge < -0.3 is 25.0 Å². The number of anilines is 4. The highest BCUT2D eigenvalue weighted by Crippen LogP contribution is 2.55. The fraction of sp³-hybridized carbons (Fsp3) is 0.571. The Labute approximate surface area is 234 Å². The average Bonchev–Trinajstić information content (AvgIpc) is 3.82. The molecule has 0 radical (unpaired) electrons. The van der Waals surface area contributed by atoms with Gasteiger partial charge in [-0.05, 0) is 74.0 Å².